The van der Waals surface area contributed by atoms with Gasteiger partial charge in [-0.05, 0) is 23.6 Å². The fraction of sp³-hybridized carbons (Fsp3) is 0.0588. The number of nitrogens with zero attached hydrogens (tertiary/aromatic N) is 1. The Labute approximate surface area is 122 Å². The summed E-state index contributed by atoms with van der Waals surface area (Å²) >= 11 is 0. The lowest BCUT2D eigenvalue weighted by Crippen LogP contribution is -2.15. The van der Waals surface area contributed by atoms with Crippen LogP contribution in [0.3, 0.4) is 0 Å². The number of phenolic OH excluding ortho intramolecular Hbond substituents is 1. The summed E-state index contributed by atoms with van der Waals surface area (Å²) in [5, 5.41) is 19.2. The first-order valence-electron chi connectivity index (χ1n) is 6.39. The summed E-state index contributed by atoms with van der Waals surface area (Å²) < 4.78 is 0. The second-order valence-corrected chi connectivity index (χ2v) is 4.51. The van der Waals surface area contributed by atoms with Crippen molar-refractivity contribution in [2.45, 2.75) is 6.42 Å². The number of rotatable bonds is 4. The van der Waals surface area contributed by atoms with Gasteiger partial charge in [0.15, 0.2) is 0 Å². The van der Waals surface area contributed by atoms with Crippen LogP contribution in [-0.2, 0) is 11.2 Å². The van der Waals surface area contributed by atoms with E-state index in [4.69, 9.17) is 5.73 Å². The van der Waals surface area contributed by atoms with E-state index in [0.717, 1.165) is 5.56 Å². The second-order valence-electron chi connectivity index (χ2n) is 4.51. The van der Waals surface area contributed by atoms with Crippen molar-refractivity contribution in [3.05, 3.63) is 71.3 Å². The number of aromatic hydroxyl groups is 1. The zero-order valence-corrected chi connectivity index (χ0v) is 11.3. The molecule has 0 heterocycles. The third-order valence-corrected chi connectivity index (χ3v) is 3.11. The highest BCUT2D eigenvalue weighted by Crippen LogP contribution is 2.30. The van der Waals surface area contributed by atoms with E-state index < -0.39 is 5.91 Å². The predicted octanol–water partition coefficient (Wildman–Crippen LogP) is 2.40. The molecule has 4 heteroatoms. The van der Waals surface area contributed by atoms with E-state index in [0.29, 0.717) is 17.6 Å². The molecule has 3 N–H and O–H groups in total. The number of para-hydroxylation sites is 1. The summed E-state index contributed by atoms with van der Waals surface area (Å²) in [7, 11) is 0. The average Bonchev–Trinajstić information content (AvgIpc) is 2.48. The maximum absolute atomic E-state index is 11.5. The molecule has 0 spiro atoms. The van der Waals surface area contributed by atoms with Gasteiger partial charge >= 0.3 is 0 Å². The average molecular weight is 278 g/mol. The highest BCUT2D eigenvalue weighted by molar-refractivity contribution is 6.04. The number of nitrogens with two attached hydrogens (primary N) is 1. The molecule has 21 heavy (non-hydrogen) atoms. The second kappa shape index (κ2) is 6.40. The Morgan fingerprint density at radius 3 is 2.29 bits per heavy atom. The first kappa shape index (κ1) is 14.4. The predicted molar refractivity (Wildman–Crippen MR) is 80.0 cm³/mol. The molecule has 0 aliphatic carbocycles. The van der Waals surface area contributed by atoms with E-state index in [1.54, 1.807) is 18.2 Å². The van der Waals surface area contributed by atoms with Gasteiger partial charge in [-0.1, -0.05) is 48.5 Å². The van der Waals surface area contributed by atoms with Crippen molar-refractivity contribution in [1.29, 1.82) is 5.26 Å². The number of benzene rings is 2. The summed E-state index contributed by atoms with van der Waals surface area (Å²) in [6, 6.07) is 17.8. The molecule has 0 bridgehead atoms. The molecule has 1 amide bonds. The van der Waals surface area contributed by atoms with Crippen molar-refractivity contribution in [3.8, 4) is 11.8 Å². The summed E-state index contributed by atoms with van der Waals surface area (Å²) in [6.45, 7) is 0. The summed E-state index contributed by atoms with van der Waals surface area (Å²) in [5.74, 6) is -0.788. The summed E-state index contributed by atoms with van der Waals surface area (Å²) in [5.41, 5.74) is 6.94. The van der Waals surface area contributed by atoms with Gasteiger partial charge in [0.2, 0.25) is 0 Å². The van der Waals surface area contributed by atoms with Crippen LogP contribution in [0.5, 0.6) is 5.75 Å². The van der Waals surface area contributed by atoms with Gasteiger partial charge in [0.05, 0.1) is 0 Å². The molecule has 0 saturated heterocycles. The first-order chi connectivity index (χ1) is 10.1. The number of hydrogen-bond acceptors (Lipinski definition) is 3. The lowest BCUT2D eigenvalue weighted by atomic mass is 9.93. The molecule has 0 atom stereocenters. The normalized spacial score (nSPS) is 11.4. The third-order valence-electron chi connectivity index (χ3n) is 3.11. The van der Waals surface area contributed by atoms with Crippen molar-refractivity contribution < 1.29 is 9.90 Å². The highest BCUT2D eigenvalue weighted by atomic mass is 16.3. The molecule has 2 rings (SSSR count). The molecule has 0 unspecified atom stereocenters. The van der Waals surface area contributed by atoms with Crippen LogP contribution >= 0.6 is 0 Å². The van der Waals surface area contributed by atoms with Crippen molar-refractivity contribution in [1.82, 2.24) is 0 Å². The standard InChI is InChI=1S/C17H14N2O2/c18-11-15(17(19)21)14(10-12-6-2-1-3-7-12)13-8-4-5-9-16(13)20/h1-9,20H,10H2,(H2,19,21). The Morgan fingerprint density at radius 1 is 1.10 bits per heavy atom. The Balaban J connectivity index is 2.59. The van der Waals surface area contributed by atoms with Gasteiger partial charge in [0, 0.05) is 5.56 Å². The number of primary amides is 1. The third kappa shape index (κ3) is 3.28. The van der Waals surface area contributed by atoms with E-state index >= 15 is 0 Å². The fourth-order valence-electron chi connectivity index (χ4n) is 2.12. The number of carbonyl (C=O) groups excluding carboxylic acids is 1. The topological polar surface area (TPSA) is 87.1 Å². The molecular formula is C17H14N2O2. The SMILES string of the molecule is N#CC(C(N)=O)=C(Cc1ccccc1)c1ccccc1O. The molecule has 0 radical (unpaired) electrons. The van der Waals surface area contributed by atoms with Gasteiger partial charge in [-0.2, -0.15) is 5.26 Å². The minimum atomic E-state index is -0.799. The van der Waals surface area contributed by atoms with Crippen LogP contribution in [0.4, 0.5) is 0 Å². The van der Waals surface area contributed by atoms with E-state index in [1.807, 2.05) is 36.4 Å². The van der Waals surface area contributed by atoms with E-state index in [2.05, 4.69) is 0 Å². The van der Waals surface area contributed by atoms with Crippen molar-refractivity contribution >= 4 is 11.5 Å². The molecule has 0 saturated carbocycles. The van der Waals surface area contributed by atoms with Crippen LogP contribution in [0.1, 0.15) is 11.1 Å². The van der Waals surface area contributed by atoms with Gasteiger partial charge in [0.25, 0.3) is 5.91 Å². The first-order valence-corrected chi connectivity index (χ1v) is 6.39. The number of carbonyl (C=O) groups is 1. The molecule has 104 valence electrons. The maximum atomic E-state index is 11.5. The van der Waals surface area contributed by atoms with Gasteiger partial charge < -0.3 is 10.8 Å². The summed E-state index contributed by atoms with van der Waals surface area (Å²) in [4.78, 5) is 11.5. The summed E-state index contributed by atoms with van der Waals surface area (Å²) in [6.07, 6.45) is 0.338. The fourth-order valence-corrected chi connectivity index (χ4v) is 2.12. The quantitative estimate of drug-likeness (QED) is 0.665. The molecule has 0 aliphatic rings. The molecule has 2 aromatic rings. The molecule has 0 fully saturated rings. The number of phenols is 1. The lowest BCUT2D eigenvalue weighted by molar-refractivity contribution is -0.114. The molecule has 2 aromatic carbocycles. The van der Waals surface area contributed by atoms with Crippen LogP contribution in [0, 0.1) is 11.3 Å². The molecule has 4 nitrogen and oxygen atoms in total. The zero-order valence-electron chi connectivity index (χ0n) is 11.3. The zero-order chi connectivity index (χ0) is 15.2. The monoisotopic (exact) mass is 278 g/mol. The highest BCUT2D eigenvalue weighted by Gasteiger charge is 2.17. The van der Waals surface area contributed by atoms with Gasteiger partial charge in [-0.15, -0.1) is 0 Å². The Morgan fingerprint density at radius 2 is 1.71 bits per heavy atom. The van der Waals surface area contributed by atoms with Gasteiger partial charge in [-0.3, -0.25) is 4.79 Å². The Hall–Kier alpha value is -3.06. The molecular weight excluding hydrogens is 264 g/mol. The van der Waals surface area contributed by atoms with Gasteiger partial charge in [-0.25, -0.2) is 0 Å². The molecule has 0 aromatic heterocycles. The van der Waals surface area contributed by atoms with Crippen LogP contribution in [-0.4, -0.2) is 11.0 Å². The smallest absolute Gasteiger partial charge is 0.259 e. The number of amides is 1. The van der Waals surface area contributed by atoms with Crippen molar-refractivity contribution in [2.75, 3.05) is 0 Å². The number of hydrogen-bond donors (Lipinski definition) is 2. The number of nitriles is 1. The van der Waals surface area contributed by atoms with Crippen LogP contribution in [0.25, 0.3) is 5.57 Å². The maximum Gasteiger partial charge on any atom is 0.259 e. The Kier molecular flexibility index (Phi) is 4.37. The molecule has 0 aliphatic heterocycles. The van der Waals surface area contributed by atoms with Gasteiger partial charge in [0.1, 0.15) is 17.4 Å². The minimum absolute atomic E-state index is 0.0115. The Bertz CT molecular complexity index is 728. The van der Waals surface area contributed by atoms with Crippen LogP contribution in [0.15, 0.2) is 60.2 Å². The van der Waals surface area contributed by atoms with E-state index in [9.17, 15) is 15.2 Å². The lowest BCUT2D eigenvalue weighted by Gasteiger charge is -2.11. The van der Waals surface area contributed by atoms with Crippen molar-refractivity contribution in [2.24, 2.45) is 5.73 Å². The van der Waals surface area contributed by atoms with Crippen molar-refractivity contribution in [3.63, 3.8) is 0 Å². The van der Waals surface area contributed by atoms with E-state index in [-0.39, 0.29) is 11.3 Å². The van der Waals surface area contributed by atoms with E-state index in [1.165, 1.54) is 6.07 Å². The van der Waals surface area contributed by atoms with Crippen LogP contribution < -0.4 is 5.73 Å². The minimum Gasteiger partial charge on any atom is -0.507 e. The van der Waals surface area contributed by atoms with Crippen LogP contribution in [0.2, 0.25) is 0 Å². The number of allylic oxidation sites excluding steroid dienone is 1. The largest absolute Gasteiger partial charge is 0.507 e.